The molecule has 1 aliphatic rings. The van der Waals surface area contributed by atoms with E-state index in [2.05, 4.69) is 14.6 Å². The number of likely N-dealkylation sites (tertiary alicyclic amines) is 1. The van der Waals surface area contributed by atoms with Crippen molar-refractivity contribution < 1.29 is 8.42 Å². The molecule has 0 bridgehead atoms. The summed E-state index contributed by atoms with van der Waals surface area (Å²) in [6.07, 6.45) is 3.86. The molecule has 7 heteroatoms. The fraction of sp³-hybridized carbons (Fsp3) is 0.348. The Labute approximate surface area is 183 Å². The van der Waals surface area contributed by atoms with E-state index < -0.39 is 10.0 Å². The molecule has 2 heterocycles. The minimum Gasteiger partial charge on any atom is -0.299 e. The number of pyridine rings is 1. The van der Waals surface area contributed by atoms with Gasteiger partial charge in [-0.25, -0.2) is 13.1 Å². The Kier molecular flexibility index (Phi) is 6.39. The van der Waals surface area contributed by atoms with Gasteiger partial charge in [0.1, 0.15) is 0 Å². The maximum atomic E-state index is 12.6. The lowest BCUT2D eigenvalue weighted by Gasteiger charge is -2.33. The van der Waals surface area contributed by atoms with Gasteiger partial charge in [0.25, 0.3) is 0 Å². The highest BCUT2D eigenvalue weighted by Gasteiger charge is 2.23. The van der Waals surface area contributed by atoms with Gasteiger partial charge in [0.05, 0.1) is 10.4 Å². The first-order valence-corrected chi connectivity index (χ1v) is 12.1. The Morgan fingerprint density at radius 3 is 2.77 bits per heavy atom. The molecular weight excluding hydrogens is 418 g/mol. The van der Waals surface area contributed by atoms with Crippen LogP contribution in [0.15, 0.2) is 59.6 Å². The van der Waals surface area contributed by atoms with Gasteiger partial charge in [0.2, 0.25) is 10.0 Å². The fourth-order valence-electron chi connectivity index (χ4n) is 4.05. The van der Waals surface area contributed by atoms with Crippen molar-refractivity contribution in [2.45, 2.75) is 31.2 Å². The van der Waals surface area contributed by atoms with E-state index in [-0.39, 0.29) is 5.92 Å². The number of nitrogens with one attached hydrogen (secondary N) is 1. The molecule has 5 nitrogen and oxygen atoms in total. The molecule has 1 aliphatic heterocycles. The number of halogens is 1. The molecule has 3 aromatic rings. The molecule has 1 fully saturated rings. The molecule has 1 atom stereocenters. The Hall–Kier alpha value is -1.99. The van der Waals surface area contributed by atoms with Crippen molar-refractivity contribution in [1.29, 1.82) is 0 Å². The molecule has 0 radical (unpaired) electrons. The lowest BCUT2D eigenvalue weighted by Crippen LogP contribution is -2.40. The first-order chi connectivity index (χ1) is 14.4. The van der Waals surface area contributed by atoms with Gasteiger partial charge in [-0.2, -0.15) is 0 Å². The highest BCUT2D eigenvalue weighted by Crippen LogP contribution is 2.27. The summed E-state index contributed by atoms with van der Waals surface area (Å²) in [5.41, 5.74) is 3.13. The number of rotatable bonds is 6. The van der Waals surface area contributed by atoms with Crippen LogP contribution in [0.2, 0.25) is 5.02 Å². The van der Waals surface area contributed by atoms with Crippen molar-refractivity contribution >= 4 is 32.5 Å². The Morgan fingerprint density at radius 2 is 1.97 bits per heavy atom. The van der Waals surface area contributed by atoms with Gasteiger partial charge >= 0.3 is 0 Å². The van der Waals surface area contributed by atoms with Crippen LogP contribution < -0.4 is 4.72 Å². The molecule has 1 saturated heterocycles. The number of nitrogens with zero attached hydrogens (tertiary/aromatic N) is 2. The number of piperidine rings is 1. The van der Waals surface area contributed by atoms with E-state index in [1.54, 1.807) is 18.3 Å². The number of aryl methyl sites for hydroxylation is 1. The highest BCUT2D eigenvalue weighted by molar-refractivity contribution is 7.89. The van der Waals surface area contributed by atoms with E-state index in [1.807, 2.05) is 43.3 Å². The van der Waals surface area contributed by atoms with Gasteiger partial charge in [0.15, 0.2) is 0 Å². The number of fused-ring (bicyclic) bond motifs is 1. The van der Waals surface area contributed by atoms with Gasteiger partial charge in [0, 0.05) is 36.2 Å². The number of hydrogen-bond donors (Lipinski definition) is 1. The van der Waals surface area contributed by atoms with Crippen molar-refractivity contribution in [2.24, 2.45) is 5.92 Å². The Morgan fingerprint density at radius 1 is 1.17 bits per heavy atom. The lowest BCUT2D eigenvalue weighted by molar-refractivity contribution is 0.169. The van der Waals surface area contributed by atoms with E-state index in [0.29, 0.717) is 16.5 Å². The largest absolute Gasteiger partial charge is 0.299 e. The van der Waals surface area contributed by atoms with Gasteiger partial charge < -0.3 is 0 Å². The predicted octanol–water partition coefficient (Wildman–Crippen LogP) is 4.39. The van der Waals surface area contributed by atoms with Crippen molar-refractivity contribution in [1.82, 2.24) is 14.6 Å². The summed E-state index contributed by atoms with van der Waals surface area (Å²) < 4.78 is 28.0. The third-order valence-corrected chi connectivity index (χ3v) is 7.46. The van der Waals surface area contributed by atoms with Gasteiger partial charge in [-0.15, -0.1) is 0 Å². The number of sulfonamides is 1. The van der Waals surface area contributed by atoms with E-state index >= 15 is 0 Å². The van der Waals surface area contributed by atoms with Crippen molar-refractivity contribution in [3.63, 3.8) is 0 Å². The van der Waals surface area contributed by atoms with Crippen LogP contribution in [0.1, 0.15) is 24.0 Å². The van der Waals surface area contributed by atoms with Crippen LogP contribution in [-0.4, -0.2) is 37.9 Å². The maximum absolute atomic E-state index is 12.6. The normalized spacial score (nSPS) is 18.0. The van der Waals surface area contributed by atoms with Gasteiger partial charge in [-0.05, 0) is 68.1 Å². The van der Waals surface area contributed by atoms with Crippen LogP contribution in [-0.2, 0) is 16.6 Å². The maximum Gasteiger partial charge on any atom is 0.240 e. The summed E-state index contributed by atoms with van der Waals surface area (Å²) in [4.78, 5) is 7.23. The summed E-state index contributed by atoms with van der Waals surface area (Å²) in [6.45, 7) is 5.03. The van der Waals surface area contributed by atoms with Crippen LogP contribution in [0.4, 0.5) is 0 Å². The zero-order valence-electron chi connectivity index (χ0n) is 17.0. The molecule has 1 aromatic heterocycles. The first kappa shape index (κ1) is 21.2. The zero-order chi connectivity index (χ0) is 21.1. The predicted molar refractivity (Wildman–Crippen MR) is 121 cm³/mol. The van der Waals surface area contributed by atoms with E-state index in [4.69, 9.17) is 11.6 Å². The topological polar surface area (TPSA) is 62.3 Å². The second-order valence-electron chi connectivity index (χ2n) is 8.01. The molecule has 0 amide bonds. The SMILES string of the molecule is Cc1ccc(S(=O)(=O)NCC2CCCN(Cc3ccc(Cl)c4cccnc34)C2)cc1. The Balaban J connectivity index is 1.40. The molecule has 2 aromatic carbocycles. The number of hydrogen-bond acceptors (Lipinski definition) is 4. The van der Waals surface area contributed by atoms with Crippen molar-refractivity contribution in [3.8, 4) is 0 Å². The summed E-state index contributed by atoms with van der Waals surface area (Å²) >= 11 is 6.32. The summed E-state index contributed by atoms with van der Waals surface area (Å²) in [7, 11) is -3.48. The van der Waals surface area contributed by atoms with Crippen LogP contribution in [0.5, 0.6) is 0 Å². The van der Waals surface area contributed by atoms with Crippen LogP contribution in [0.3, 0.4) is 0 Å². The minimum atomic E-state index is -3.48. The van der Waals surface area contributed by atoms with Crippen LogP contribution in [0, 0.1) is 12.8 Å². The minimum absolute atomic E-state index is 0.283. The summed E-state index contributed by atoms with van der Waals surface area (Å²) in [6, 6.07) is 14.8. The van der Waals surface area contributed by atoms with Crippen LogP contribution >= 0.6 is 11.6 Å². The number of aromatic nitrogens is 1. The van der Waals surface area contributed by atoms with Gasteiger partial charge in [-0.1, -0.05) is 35.4 Å². The molecule has 0 saturated carbocycles. The fourth-order valence-corrected chi connectivity index (χ4v) is 5.39. The lowest BCUT2D eigenvalue weighted by atomic mass is 9.97. The first-order valence-electron chi connectivity index (χ1n) is 10.2. The molecule has 4 rings (SSSR count). The van der Waals surface area contributed by atoms with Gasteiger partial charge in [-0.3, -0.25) is 9.88 Å². The second kappa shape index (κ2) is 9.02. The molecule has 0 aliphatic carbocycles. The third-order valence-electron chi connectivity index (χ3n) is 5.69. The molecule has 30 heavy (non-hydrogen) atoms. The quantitative estimate of drug-likeness (QED) is 0.613. The summed E-state index contributed by atoms with van der Waals surface area (Å²) in [5.74, 6) is 0.283. The smallest absolute Gasteiger partial charge is 0.240 e. The third kappa shape index (κ3) is 4.83. The van der Waals surface area contributed by atoms with E-state index in [1.165, 1.54) is 0 Å². The second-order valence-corrected chi connectivity index (χ2v) is 10.2. The average Bonchev–Trinajstić information content (AvgIpc) is 2.75. The van der Waals surface area contributed by atoms with Crippen LogP contribution in [0.25, 0.3) is 10.9 Å². The standard InChI is InChI=1S/C23H26ClN3O2S/c1-17-6-9-20(10-7-17)30(28,29)26-14-18-4-3-13-27(15-18)16-19-8-11-22(24)21-5-2-12-25-23(19)21/h2,5-12,18,26H,3-4,13-16H2,1H3. The summed E-state index contributed by atoms with van der Waals surface area (Å²) in [5, 5.41) is 1.68. The highest BCUT2D eigenvalue weighted by atomic mass is 35.5. The zero-order valence-corrected chi connectivity index (χ0v) is 18.6. The molecule has 0 spiro atoms. The molecule has 158 valence electrons. The number of benzene rings is 2. The van der Waals surface area contributed by atoms with E-state index in [0.717, 1.165) is 54.5 Å². The molecule has 1 N–H and O–H groups in total. The van der Waals surface area contributed by atoms with Crippen molar-refractivity contribution in [2.75, 3.05) is 19.6 Å². The monoisotopic (exact) mass is 443 g/mol. The van der Waals surface area contributed by atoms with Crippen molar-refractivity contribution in [3.05, 3.63) is 70.9 Å². The molecular formula is C23H26ClN3O2S. The molecule has 1 unspecified atom stereocenters. The van der Waals surface area contributed by atoms with E-state index in [9.17, 15) is 8.42 Å². The Bertz CT molecular complexity index is 1130. The average molecular weight is 444 g/mol.